The number of fused-ring (bicyclic) bond motifs is 1. The monoisotopic (exact) mass is 360 g/mol. The molecule has 1 N–H and O–H groups in total. The number of nitrogens with zero attached hydrogens (tertiary/aromatic N) is 5. The molecule has 3 aromatic rings. The van der Waals surface area contributed by atoms with E-state index >= 15 is 0 Å². The normalized spacial score (nSPS) is 14.5. The van der Waals surface area contributed by atoms with Gasteiger partial charge < -0.3 is 4.98 Å². The van der Waals surface area contributed by atoms with E-state index in [1.807, 2.05) is 0 Å². The highest BCUT2D eigenvalue weighted by Crippen LogP contribution is 2.23. The molecule has 0 spiro atoms. The van der Waals surface area contributed by atoms with Crippen LogP contribution in [-0.2, 0) is 19.5 Å². The molecule has 0 bridgehead atoms. The fourth-order valence-corrected chi connectivity index (χ4v) is 3.77. The number of H-pyrrole nitrogens is 1. The molecule has 7 nitrogen and oxygen atoms in total. The first kappa shape index (κ1) is 15.4. The lowest BCUT2D eigenvalue weighted by Gasteiger charge is -2.27. The Hall–Kier alpha value is -2.16. The molecule has 0 radical (unpaired) electrons. The maximum Gasteiger partial charge on any atom is 0.255 e. The van der Waals surface area contributed by atoms with Gasteiger partial charge >= 0.3 is 0 Å². The molecule has 4 heterocycles. The summed E-state index contributed by atoms with van der Waals surface area (Å²) in [6, 6.07) is 0. The minimum absolute atomic E-state index is 0.106. The molecule has 0 unspecified atom stereocenters. The average molecular weight is 361 g/mol. The van der Waals surface area contributed by atoms with Crippen molar-refractivity contribution in [3.63, 3.8) is 0 Å². The van der Waals surface area contributed by atoms with Gasteiger partial charge in [0.15, 0.2) is 4.47 Å². The van der Waals surface area contributed by atoms with Gasteiger partial charge in [0.1, 0.15) is 12.2 Å². The summed E-state index contributed by atoms with van der Waals surface area (Å²) in [4.78, 5) is 35.2. The van der Waals surface area contributed by atoms with Crippen molar-refractivity contribution in [2.45, 2.75) is 19.5 Å². The highest BCUT2D eigenvalue weighted by atomic mass is 35.5. The van der Waals surface area contributed by atoms with Gasteiger partial charge in [-0.15, -0.1) is 11.3 Å². The minimum Gasteiger partial charge on any atom is -0.306 e. The predicted molar refractivity (Wildman–Crippen MR) is 90.8 cm³/mol. The maximum atomic E-state index is 12.5. The topological polar surface area (TPSA) is 87.7 Å². The van der Waals surface area contributed by atoms with Gasteiger partial charge in [0.25, 0.3) is 5.56 Å². The number of nitrogens with one attached hydrogen (secondary N) is 1. The third-order valence-corrected chi connectivity index (χ3v) is 4.99. The van der Waals surface area contributed by atoms with E-state index in [9.17, 15) is 4.79 Å². The molecule has 1 aliphatic rings. The summed E-state index contributed by atoms with van der Waals surface area (Å²) in [5.41, 5.74) is 2.17. The predicted octanol–water partition coefficient (Wildman–Crippen LogP) is 1.90. The first-order valence-corrected chi connectivity index (χ1v) is 8.58. The van der Waals surface area contributed by atoms with Crippen LogP contribution >= 0.6 is 22.9 Å². The number of hydrogen-bond acceptors (Lipinski definition) is 7. The van der Waals surface area contributed by atoms with Crippen molar-refractivity contribution in [3.05, 3.63) is 55.9 Å². The van der Waals surface area contributed by atoms with Gasteiger partial charge in [-0.05, 0) is 0 Å². The second-order valence-electron chi connectivity index (χ2n) is 5.51. The van der Waals surface area contributed by atoms with Crippen LogP contribution < -0.4 is 5.56 Å². The highest BCUT2D eigenvalue weighted by Gasteiger charge is 2.22. The Morgan fingerprint density at radius 2 is 2.12 bits per heavy atom. The summed E-state index contributed by atoms with van der Waals surface area (Å²) in [6.07, 6.45) is 7.24. The largest absolute Gasteiger partial charge is 0.306 e. The molecular weight excluding hydrogens is 348 g/mol. The minimum atomic E-state index is -0.106. The SMILES string of the molecule is O=c1[nH]c(-c2cncnc2)nc2c1CN(Cc1cnc(Cl)s1)CC2. The van der Waals surface area contributed by atoms with Crippen LogP contribution in [0.3, 0.4) is 0 Å². The summed E-state index contributed by atoms with van der Waals surface area (Å²) in [6.45, 7) is 2.14. The van der Waals surface area contributed by atoms with Crippen LogP contribution in [0.5, 0.6) is 0 Å². The lowest BCUT2D eigenvalue weighted by molar-refractivity contribution is 0.244. The fourth-order valence-electron chi connectivity index (χ4n) is 2.75. The summed E-state index contributed by atoms with van der Waals surface area (Å²) in [7, 11) is 0. The van der Waals surface area contributed by atoms with Gasteiger partial charge in [-0.3, -0.25) is 9.69 Å². The molecule has 0 saturated carbocycles. The number of rotatable bonds is 3. The molecule has 0 amide bonds. The zero-order valence-electron chi connectivity index (χ0n) is 12.6. The van der Waals surface area contributed by atoms with Crippen molar-refractivity contribution in [1.82, 2.24) is 29.8 Å². The number of aromatic nitrogens is 5. The highest BCUT2D eigenvalue weighted by molar-refractivity contribution is 7.15. The Kier molecular flexibility index (Phi) is 4.09. The van der Waals surface area contributed by atoms with Crippen LogP contribution in [-0.4, -0.2) is 36.4 Å². The van der Waals surface area contributed by atoms with Crippen LogP contribution in [0, 0.1) is 0 Å². The van der Waals surface area contributed by atoms with Crippen LogP contribution in [0.1, 0.15) is 16.1 Å². The van der Waals surface area contributed by atoms with Crippen LogP contribution in [0.15, 0.2) is 29.7 Å². The lowest BCUT2D eigenvalue weighted by Crippen LogP contribution is -2.35. The Bertz CT molecular complexity index is 925. The van der Waals surface area contributed by atoms with Gasteiger partial charge in [-0.25, -0.2) is 19.9 Å². The zero-order valence-corrected chi connectivity index (χ0v) is 14.1. The standard InChI is InChI=1S/C15H13ClN6OS/c16-15-19-5-10(24-15)6-22-2-1-12-11(7-22)14(23)21-13(20-12)9-3-17-8-18-4-9/h3-5,8H,1-2,6-7H2,(H,20,21,23). The summed E-state index contributed by atoms with van der Waals surface area (Å²) >= 11 is 7.34. The van der Waals surface area contributed by atoms with Crippen LogP contribution in [0.2, 0.25) is 4.47 Å². The van der Waals surface area contributed by atoms with Gasteiger partial charge in [-0.2, -0.15) is 0 Å². The van der Waals surface area contributed by atoms with E-state index in [1.165, 1.54) is 17.7 Å². The molecule has 1 aliphatic heterocycles. The second-order valence-corrected chi connectivity index (χ2v) is 7.20. The van der Waals surface area contributed by atoms with E-state index in [4.69, 9.17) is 11.6 Å². The van der Waals surface area contributed by atoms with E-state index in [0.29, 0.717) is 22.4 Å². The Labute approximate surface area is 146 Å². The number of thiazole rings is 1. The lowest BCUT2D eigenvalue weighted by atomic mass is 10.1. The van der Waals surface area contributed by atoms with Gasteiger partial charge in [-0.1, -0.05) is 11.6 Å². The summed E-state index contributed by atoms with van der Waals surface area (Å²) < 4.78 is 0.539. The molecule has 0 aliphatic carbocycles. The number of halogens is 1. The van der Waals surface area contributed by atoms with Gasteiger partial charge in [0, 0.05) is 49.5 Å². The Balaban J connectivity index is 1.59. The zero-order chi connectivity index (χ0) is 16.5. The maximum absolute atomic E-state index is 12.5. The Morgan fingerprint density at radius 1 is 1.29 bits per heavy atom. The molecule has 9 heteroatoms. The van der Waals surface area contributed by atoms with Gasteiger partial charge in [0.05, 0.1) is 16.8 Å². The summed E-state index contributed by atoms with van der Waals surface area (Å²) in [5, 5.41) is 0. The molecule has 4 rings (SSSR count). The van der Waals surface area contributed by atoms with Crippen LogP contribution in [0.25, 0.3) is 11.4 Å². The smallest absolute Gasteiger partial charge is 0.255 e. The molecule has 122 valence electrons. The number of aromatic amines is 1. The molecule has 0 atom stereocenters. The molecule has 3 aromatic heterocycles. The van der Waals surface area contributed by atoms with Crippen molar-refractivity contribution in [2.24, 2.45) is 0 Å². The third kappa shape index (κ3) is 3.08. The second kappa shape index (κ2) is 6.39. The first-order chi connectivity index (χ1) is 11.7. The first-order valence-electron chi connectivity index (χ1n) is 7.39. The van der Waals surface area contributed by atoms with Crippen molar-refractivity contribution in [1.29, 1.82) is 0 Å². The van der Waals surface area contributed by atoms with E-state index in [1.54, 1.807) is 18.6 Å². The number of hydrogen-bond donors (Lipinski definition) is 1. The van der Waals surface area contributed by atoms with E-state index in [-0.39, 0.29) is 5.56 Å². The van der Waals surface area contributed by atoms with Crippen molar-refractivity contribution in [3.8, 4) is 11.4 Å². The molecular formula is C15H13ClN6OS. The molecule has 0 saturated heterocycles. The third-order valence-electron chi connectivity index (χ3n) is 3.89. The quantitative estimate of drug-likeness (QED) is 0.767. The van der Waals surface area contributed by atoms with Crippen molar-refractivity contribution >= 4 is 22.9 Å². The van der Waals surface area contributed by atoms with Crippen molar-refractivity contribution < 1.29 is 0 Å². The molecule has 0 fully saturated rings. The summed E-state index contributed by atoms with van der Waals surface area (Å²) in [5.74, 6) is 0.516. The van der Waals surface area contributed by atoms with E-state index < -0.39 is 0 Å². The van der Waals surface area contributed by atoms with E-state index in [0.717, 1.165) is 35.6 Å². The average Bonchev–Trinajstić information content (AvgIpc) is 3.01. The van der Waals surface area contributed by atoms with Crippen molar-refractivity contribution in [2.75, 3.05) is 6.54 Å². The van der Waals surface area contributed by atoms with Crippen LogP contribution in [0.4, 0.5) is 0 Å². The Morgan fingerprint density at radius 3 is 2.88 bits per heavy atom. The van der Waals surface area contributed by atoms with Gasteiger partial charge in [0.2, 0.25) is 0 Å². The molecule has 24 heavy (non-hydrogen) atoms. The molecule has 0 aromatic carbocycles. The van der Waals surface area contributed by atoms with E-state index in [2.05, 4.69) is 29.8 Å². The fraction of sp³-hybridized carbons (Fsp3) is 0.267.